The van der Waals surface area contributed by atoms with Crippen LogP contribution in [0, 0.1) is 5.82 Å². The Balaban J connectivity index is 1.61. The molecule has 0 unspecified atom stereocenters. The summed E-state index contributed by atoms with van der Waals surface area (Å²) in [5.74, 6) is -0.455. The molecule has 120 valence electrons. The van der Waals surface area contributed by atoms with E-state index in [2.05, 4.69) is 20.8 Å². The molecule has 0 fully saturated rings. The maximum absolute atomic E-state index is 13.5. The highest BCUT2D eigenvalue weighted by atomic mass is 19.1. The Bertz CT molecular complexity index is 822. The van der Waals surface area contributed by atoms with Crippen LogP contribution in [0.25, 0.3) is 0 Å². The van der Waals surface area contributed by atoms with Gasteiger partial charge in [0.05, 0.1) is 5.69 Å². The smallest absolute Gasteiger partial charge is 0.276 e. The van der Waals surface area contributed by atoms with E-state index >= 15 is 0 Å². The third kappa shape index (κ3) is 3.92. The zero-order valence-corrected chi connectivity index (χ0v) is 12.7. The molecule has 0 aliphatic rings. The predicted octanol–water partition coefficient (Wildman–Crippen LogP) is 3.48. The van der Waals surface area contributed by atoms with Crippen molar-refractivity contribution in [1.29, 1.82) is 0 Å². The predicted molar refractivity (Wildman–Crippen MR) is 90.2 cm³/mol. The molecule has 6 heteroatoms. The number of halogens is 1. The molecule has 0 saturated heterocycles. The van der Waals surface area contributed by atoms with Gasteiger partial charge in [-0.15, -0.1) is 10.2 Å². The fraction of sp³-hybridized carbons (Fsp3) is 0.0556. The molecule has 0 aliphatic carbocycles. The van der Waals surface area contributed by atoms with Gasteiger partial charge < -0.3 is 10.6 Å². The van der Waals surface area contributed by atoms with Gasteiger partial charge in [-0.25, -0.2) is 4.39 Å². The van der Waals surface area contributed by atoms with Gasteiger partial charge in [-0.3, -0.25) is 4.79 Å². The molecule has 5 nitrogen and oxygen atoms in total. The number of nitrogens with one attached hydrogen (secondary N) is 2. The van der Waals surface area contributed by atoms with E-state index < -0.39 is 11.7 Å². The van der Waals surface area contributed by atoms with Crippen molar-refractivity contribution < 1.29 is 9.18 Å². The first-order valence-corrected chi connectivity index (χ1v) is 7.40. The summed E-state index contributed by atoms with van der Waals surface area (Å²) in [6.07, 6.45) is 0. The van der Waals surface area contributed by atoms with Crippen molar-refractivity contribution >= 4 is 17.4 Å². The molecule has 3 aromatic rings. The number of carbonyl (C=O) groups is 1. The van der Waals surface area contributed by atoms with E-state index in [1.54, 1.807) is 18.2 Å². The van der Waals surface area contributed by atoms with Gasteiger partial charge in [-0.05, 0) is 29.8 Å². The van der Waals surface area contributed by atoms with Gasteiger partial charge in [-0.1, -0.05) is 42.5 Å². The molecule has 0 aliphatic heterocycles. The normalized spacial score (nSPS) is 10.2. The molecule has 0 radical (unpaired) electrons. The highest BCUT2D eigenvalue weighted by molar-refractivity contribution is 6.02. The van der Waals surface area contributed by atoms with Gasteiger partial charge in [0.15, 0.2) is 5.69 Å². The second kappa shape index (κ2) is 7.32. The zero-order valence-electron chi connectivity index (χ0n) is 12.7. The number of para-hydroxylation sites is 1. The van der Waals surface area contributed by atoms with Gasteiger partial charge in [0.2, 0.25) is 0 Å². The van der Waals surface area contributed by atoms with Crippen LogP contribution in [0.15, 0.2) is 66.7 Å². The molecule has 1 aromatic heterocycles. The molecule has 1 heterocycles. The maximum Gasteiger partial charge on any atom is 0.276 e. The molecule has 2 aromatic carbocycles. The van der Waals surface area contributed by atoms with Crippen molar-refractivity contribution in [3.05, 3.63) is 83.8 Å². The number of benzene rings is 2. The lowest BCUT2D eigenvalue weighted by atomic mass is 10.2. The Morgan fingerprint density at radius 1 is 0.917 bits per heavy atom. The number of carbonyl (C=O) groups excluding carboxylic acids is 1. The Kier molecular flexibility index (Phi) is 4.76. The Morgan fingerprint density at radius 3 is 2.38 bits per heavy atom. The summed E-state index contributed by atoms with van der Waals surface area (Å²) in [5, 5.41) is 13.4. The maximum atomic E-state index is 13.5. The third-order valence-electron chi connectivity index (χ3n) is 3.34. The van der Waals surface area contributed by atoms with Gasteiger partial charge in [0.25, 0.3) is 5.91 Å². The summed E-state index contributed by atoms with van der Waals surface area (Å²) in [5.41, 5.74) is 1.33. The van der Waals surface area contributed by atoms with Crippen molar-refractivity contribution in [3.63, 3.8) is 0 Å². The zero-order chi connectivity index (χ0) is 16.8. The van der Waals surface area contributed by atoms with Crippen molar-refractivity contribution in [2.45, 2.75) is 6.54 Å². The van der Waals surface area contributed by atoms with Crippen molar-refractivity contribution in [2.75, 3.05) is 10.6 Å². The molecule has 0 atom stereocenters. The van der Waals surface area contributed by atoms with Crippen LogP contribution in [0.5, 0.6) is 0 Å². The minimum absolute atomic E-state index is 0.107. The van der Waals surface area contributed by atoms with Crippen LogP contribution in [-0.2, 0) is 6.54 Å². The number of amides is 1. The van der Waals surface area contributed by atoms with Crippen LogP contribution in [0.4, 0.5) is 15.9 Å². The highest BCUT2D eigenvalue weighted by Crippen LogP contribution is 2.13. The number of anilines is 2. The lowest BCUT2D eigenvalue weighted by Gasteiger charge is -2.07. The number of hydrogen-bond donors (Lipinski definition) is 2. The quantitative estimate of drug-likeness (QED) is 0.755. The minimum Gasteiger partial charge on any atom is -0.365 e. The van der Waals surface area contributed by atoms with E-state index in [4.69, 9.17) is 0 Å². The van der Waals surface area contributed by atoms with E-state index in [1.165, 1.54) is 18.2 Å². The average molecular weight is 322 g/mol. The molecule has 0 spiro atoms. The summed E-state index contributed by atoms with van der Waals surface area (Å²) in [6.45, 7) is 0.607. The molecule has 24 heavy (non-hydrogen) atoms. The molecule has 2 N–H and O–H groups in total. The topological polar surface area (TPSA) is 66.9 Å². The molecular weight excluding hydrogens is 307 g/mol. The summed E-state index contributed by atoms with van der Waals surface area (Å²) in [4.78, 5) is 12.1. The molecular formula is C18H15FN4O. The molecule has 3 rings (SSSR count). The van der Waals surface area contributed by atoms with E-state index in [1.807, 2.05) is 30.3 Å². The first-order valence-electron chi connectivity index (χ1n) is 7.40. The average Bonchev–Trinajstić information content (AvgIpc) is 2.63. The standard InChI is InChI=1S/C18H15FN4O/c19-14-8-4-5-9-15(14)21-18(24)16-10-11-17(23-22-16)20-12-13-6-2-1-3-7-13/h1-11H,12H2,(H,20,23)(H,21,24). The Labute approximate surface area is 138 Å². The van der Waals surface area contributed by atoms with Gasteiger partial charge in [-0.2, -0.15) is 0 Å². The van der Waals surface area contributed by atoms with Crippen LogP contribution in [0.1, 0.15) is 16.1 Å². The van der Waals surface area contributed by atoms with E-state index in [0.717, 1.165) is 5.56 Å². The SMILES string of the molecule is O=C(Nc1ccccc1F)c1ccc(NCc2ccccc2)nn1. The summed E-state index contributed by atoms with van der Waals surface area (Å²) < 4.78 is 13.5. The number of nitrogens with zero attached hydrogens (tertiary/aromatic N) is 2. The van der Waals surface area contributed by atoms with Crippen LogP contribution in [-0.4, -0.2) is 16.1 Å². The van der Waals surface area contributed by atoms with Crippen LogP contribution >= 0.6 is 0 Å². The lowest BCUT2D eigenvalue weighted by molar-refractivity contribution is 0.102. The number of rotatable bonds is 5. The molecule has 0 bridgehead atoms. The largest absolute Gasteiger partial charge is 0.365 e. The van der Waals surface area contributed by atoms with Crippen molar-refractivity contribution in [1.82, 2.24) is 10.2 Å². The number of hydrogen-bond acceptors (Lipinski definition) is 4. The minimum atomic E-state index is -0.512. The van der Waals surface area contributed by atoms with Gasteiger partial charge >= 0.3 is 0 Å². The van der Waals surface area contributed by atoms with E-state index in [-0.39, 0.29) is 11.4 Å². The van der Waals surface area contributed by atoms with Crippen LogP contribution in [0.3, 0.4) is 0 Å². The van der Waals surface area contributed by atoms with E-state index in [9.17, 15) is 9.18 Å². The fourth-order valence-electron chi connectivity index (χ4n) is 2.09. The van der Waals surface area contributed by atoms with Gasteiger partial charge in [0.1, 0.15) is 11.6 Å². The lowest BCUT2D eigenvalue weighted by Crippen LogP contribution is -2.15. The Morgan fingerprint density at radius 2 is 1.67 bits per heavy atom. The number of aromatic nitrogens is 2. The third-order valence-corrected chi connectivity index (χ3v) is 3.34. The van der Waals surface area contributed by atoms with Crippen LogP contribution in [0.2, 0.25) is 0 Å². The summed E-state index contributed by atoms with van der Waals surface area (Å²) >= 11 is 0. The fourth-order valence-corrected chi connectivity index (χ4v) is 2.09. The molecule has 1 amide bonds. The van der Waals surface area contributed by atoms with Crippen molar-refractivity contribution in [2.24, 2.45) is 0 Å². The van der Waals surface area contributed by atoms with E-state index in [0.29, 0.717) is 12.4 Å². The first-order chi connectivity index (χ1) is 11.7. The van der Waals surface area contributed by atoms with Crippen molar-refractivity contribution in [3.8, 4) is 0 Å². The summed E-state index contributed by atoms with van der Waals surface area (Å²) in [7, 11) is 0. The second-order valence-electron chi connectivity index (χ2n) is 5.08. The van der Waals surface area contributed by atoms with Crippen LogP contribution < -0.4 is 10.6 Å². The summed E-state index contributed by atoms with van der Waals surface area (Å²) in [6, 6.07) is 19.0. The second-order valence-corrected chi connectivity index (χ2v) is 5.08. The monoisotopic (exact) mass is 322 g/mol. The van der Waals surface area contributed by atoms with Gasteiger partial charge in [0, 0.05) is 6.54 Å². The highest BCUT2D eigenvalue weighted by Gasteiger charge is 2.10. The molecule has 0 saturated carbocycles. The Hall–Kier alpha value is -3.28. The first kappa shape index (κ1) is 15.6.